The Morgan fingerprint density at radius 1 is 1.39 bits per heavy atom. The zero-order valence-electron chi connectivity index (χ0n) is 11.6. The fourth-order valence-corrected chi connectivity index (χ4v) is 2.71. The van der Waals surface area contributed by atoms with Crippen LogP contribution in [-0.2, 0) is 4.74 Å². The predicted octanol–water partition coefficient (Wildman–Crippen LogP) is 3.60. The van der Waals surface area contributed by atoms with Gasteiger partial charge in [-0.05, 0) is 50.3 Å². The van der Waals surface area contributed by atoms with Crippen LogP contribution in [0, 0.1) is 6.92 Å². The maximum Gasteiger partial charge on any atom is 0.0594 e. The van der Waals surface area contributed by atoms with Crippen LogP contribution in [-0.4, -0.2) is 19.3 Å². The second-order valence-electron chi connectivity index (χ2n) is 5.23. The molecule has 2 atom stereocenters. The first-order valence-corrected chi connectivity index (χ1v) is 7.21. The third-order valence-corrected chi connectivity index (χ3v) is 3.73. The number of aryl methyl sites for hydroxylation is 1. The van der Waals surface area contributed by atoms with Crippen molar-refractivity contribution >= 4 is 0 Å². The van der Waals surface area contributed by atoms with Gasteiger partial charge in [0.15, 0.2) is 0 Å². The van der Waals surface area contributed by atoms with E-state index in [0.717, 1.165) is 19.6 Å². The van der Waals surface area contributed by atoms with Gasteiger partial charge in [0.1, 0.15) is 0 Å². The average molecular weight is 247 g/mol. The number of hydrogen-bond acceptors (Lipinski definition) is 2. The summed E-state index contributed by atoms with van der Waals surface area (Å²) in [5, 5.41) is 3.67. The second-order valence-corrected chi connectivity index (χ2v) is 5.23. The van der Waals surface area contributed by atoms with Crippen LogP contribution >= 0.6 is 0 Å². The van der Waals surface area contributed by atoms with Crippen molar-refractivity contribution in [2.75, 3.05) is 13.2 Å². The van der Waals surface area contributed by atoms with E-state index >= 15 is 0 Å². The molecule has 2 nitrogen and oxygen atoms in total. The highest BCUT2D eigenvalue weighted by Crippen LogP contribution is 2.27. The molecule has 2 rings (SSSR count). The Balaban J connectivity index is 2.06. The topological polar surface area (TPSA) is 21.3 Å². The lowest BCUT2D eigenvalue weighted by molar-refractivity contribution is 0.0945. The fourth-order valence-electron chi connectivity index (χ4n) is 2.71. The molecule has 1 aromatic rings. The molecule has 0 radical (unpaired) electrons. The van der Waals surface area contributed by atoms with Crippen molar-refractivity contribution in [3.8, 4) is 0 Å². The first-order chi connectivity index (χ1) is 8.81. The zero-order valence-corrected chi connectivity index (χ0v) is 11.6. The third-order valence-electron chi connectivity index (χ3n) is 3.73. The van der Waals surface area contributed by atoms with E-state index in [1.54, 1.807) is 0 Å². The van der Waals surface area contributed by atoms with E-state index in [1.807, 2.05) is 0 Å². The maximum absolute atomic E-state index is 5.78. The van der Waals surface area contributed by atoms with E-state index in [4.69, 9.17) is 4.74 Å². The van der Waals surface area contributed by atoms with Crippen molar-refractivity contribution in [3.63, 3.8) is 0 Å². The van der Waals surface area contributed by atoms with Gasteiger partial charge in [-0.15, -0.1) is 0 Å². The lowest BCUT2D eigenvalue weighted by Crippen LogP contribution is -2.26. The number of ether oxygens (including phenoxy) is 1. The molecule has 100 valence electrons. The smallest absolute Gasteiger partial charge is 0.0594 e. The summed E-state index contributed by atoms with van der Waals surface area (Å²) in [5.74, 6) is 0. The number of benzene rings is 1. The molecule has 1 aliphatic heterocycles. The van der Waals surface area contributed by atoms with Crippen LogP contribution in [0.4, 0.5) is 0 Å². The van der Waals surface area contributed by atoms with Crippen LogP contribution < -0.4 is 5.32 Å². The highest BCUT2D eigenvalue weighted by atomic mass is 16.5. The molecule has 0 bridgehead atoms. The number of rotatable bonds is 6. The van der Waals surface area contributed by atoms with Gasteiger partial charge in [0, 0.05) is 12.6 Å². The van der Waals surface area contributed by atoms with Gasteiger partial charge < -0.3 is 10.1 Å². The van der Waals surface area contributed by atoms with E-state index in [9.17, 15) is 0 Å². The Labute approximate surface area is 111 Å². The molecule has 1 fully saturated rings. The summed E-state index contributed by atoms with van der Waals surface area (Å²) in [6.45, 7) is 6.43. The van der Waals surface area contributed by atoms with Crippen LogP contribution in [0.5, 0.6) is 0 Å². The molecule has 1 saturated heterocycles. The summed E-state index contributed by atoms with van der Waals surface area (Å²) in [5.41, 5.74) is 2.81. The summed E-state index contributed by atoms with van der Waals surface area (Å²) in [6, 6.07) is 9.14. The fraction of sp³-hybridized carbons (Fsp3) is 0.625. The molecule has 0 saturated carbocycles. The molecule has 1 aliphatic rings. The highest BCUT2D eigenvalue weighted by Gasteiger charge is 2.22. The summed E-state index contributed by atoms with van der Waals surface area (Å²) in [4.78, 5) is 0. The van der Waals surface area contributed by atoms with Crippen molar-refractivity contribution < 1.29 is 4.74 Å². The van der Waals surface area contributed by atoms with Gasteiger partial charge >= 0.3 is 0 Å². The second kappa shape index (κ2) is 6.91. The summed E-state index contributed by atoms with van der Waals surface area (Å²) in [7, 11) is 0. The number of hydrogen-bond donors (Lipinski definition) is 1. The Hall–Kier alpha value is -0.860. The molecular weight excluding hydrogens is 222 g/mol. The highest BCUT2D eigenvalue weighted by molar-refractivity contribution is 5.28. The Bertz CT molecular complexity index is 358. The van der Waals surface area contributed by atoms with Crippen LogP contribution in [0.1, 0.15) is 49.8 Å². The SMILES string of the molecule is CCCNC(CC1CCCO1)c1ccccc1C. The van der Waals surface area contributed by atoms with Gasteiger partial charge in [-0.2, -0.15) is 0 Å². The van der Waals surface area contributed by atoms with Crippen LogP contribution in [0.3, 0.4) is 0 Å². The van der Waals surface area contributed by atoms with Gasteiger partial charge in [-0.3, -0.25) is 0 Å². The summed E-state index contributed by atoms with van der Waals surface area (Å²) in [6.07, 6.45) is 5.16. The van der Waals surface area contributed by atoms with Crippen LogP contribution in [0.25, 0.3) is 0 Å². The molecule has 0 aromatic heterocycles. The van der Waals surface area contributed by atoms with E-state index in [0.29, 0.717) is 12.1 Å². The molecule has 0 aliphatic carbocycles. The van der Waals surface area contributed by atoms with Crippen molar-refractivity contribution in [1.82, 2.24) is 5.32 Å². The molecule has 2 heteroatoms. The lowest BCUT2D eigenvalue weighted by Gasteiger charge is -2.23. The molecule has 1 heterocycles. The van der Waals surface area contributed by atoms with E-state index in [1.165, 1.54) is 30.4 Å². The molecular formula is C16H25NO. The molecule has 1 N–H and O–H groups in total. The van der Waals surface area contributed by atoms with Gasteiger partial charge in [0.05, 0.1) is 6.10 Å². The normalized spacial score (nSPS) is 21.1. The molecule has 0 spiro atoms. The monoisotopic (exact) mass is 247 g/mol. The third kappa shape index (κ3) is 3.56. The Kier molecular flexibility index (Phi) is 5.21. The lowest BCUT2D eigenvalue weighted by atomic mass is 9.95. The number of nitrogens with one attached hydrogen (secondary N) is 1. The quantitative estimate of drug-likeness (QED) is 0.829. The van der Waals surface area contributed by atoms with Crippen molar-refractivity contribution in [1.29, 1.82) is 0 Å². The average Bonchev–Trinajstić information content (AvgIpc) is 2.88. The molecule has 2 unspecified atom stereocenters. The van der Waals surface area contributed by atoms with Crippen molar-refractivity contribution in [2.45, 2.75) is 51.7 Å². The van der Waals surface area contributed by atoms with Gasteiger partial charge in [-0.1, -0.05) is 31.2 Å². The molecule has 18 heavy (non-hydrogen) atoms. The zero-order chi connectivity index (χ0) is 12.8. The predicted molar refractivity (Wildman–Crippen MR) is 75.8 cm³/mol. The molecule has 0 amide bonds. The van der Waals surface area contributed by atoms with Crippen molar-refractivity contribution in [2.24, 2.45) is 0 Å². The maximum atomic E-state index is 5.78. The van der Waals surface area contributed by atoms with Gasteiger partial charge in [-0.25, -0.2) is 0 Å². The first kappa shape index (κ1) is 13.6. The minimum Gasteiger partial charge on any atom is -0.378 e. The van der Waals surface area contributed by atoms with E-state index < -0.39 is 0 Å². The van der Waals surface area contributed by atoms with Crippen LogP contribution in [0.2, 0.25) is 0 Å². The minimum atomic E-state index is 0.439. The standard InChI is InChI=1S/C16H25NO/c1-3-10-17-16(12-14-8-6-11-18-14)15-9-5-4-7-13(15)2/h4-5,7,9,14,16-17H,3,6,8,10-12H2,1-2H3. The van der Waals surface area contributed by atoms with Crippen LogP contribution in [0.15, 0.2) is 24.3 Å². The Morgan fingerprint density at radius 2 is 2.22 bits per heavy atom. The first-order valence-electron chi connectivity index (χ1n) is 7.21. The van der Waals surface area contributed by atoms with E-state index in [2.05, 4.69) is 43.4 Å². The minimum absolute atomic E-state index is 0.439. The van der Waals surface area contributed by atoms with Gasteiger partial charge in [0.25, 0.3) is 0 Å². The molecule has 1 aromatic carbocycles. The van der Waals surface area contributed by atoms with Crippen molar-refractivity contribution in [3.05, 3.63) is 35.4 Å². The largest absolute Gasteiger partial charge is 0.378 e. The van der Waals surface area contributed by atoms with E-state index in [-0.39, 0.29) is 0 Å². The summed E-state index contributed by atoms with van der Waals surface area (Å²) >= 11 is 0. The summed E-state index contributed by atoms with van der Waals surface area (Å²) < 4.78 is 5.78. The van der Waals surface area contributed by atoms with Gasteiger partial charge in [0.2, 0.25) is 0 Å². The Morgan fingerprint density at radius 3 is 2.89 bits per heavy atom.